The van der Waals surface area contributed by atoms with Gasteiger partial charge in [-0.3, -0.25) is 4.79 Å². The molecule has 1 amide bonds. The third kappa shape index (κ3) is 3.14. The summed E-state index contributed by atoms with van der Waals surface area (Å²) in [6, 6.07) is 15.5. The number of amides is 1. The highest BCUT2D eigenvalue weighted by Gasteiger charge is 2.27. The van der Waals surface area contributed by atoms with E-state index >= 15 is 0 Å². The first kappa shape index (κ1) is 17.8. The Labute approximate surface area is 159 Å². The van der Waals surface area contributed by atoms with Crippen LogP contribution in [-0.4, -0.2) is 36.3 Å². The Hall–Kier alpha value is -2.60. The summed E-state index contributed by atoms with van der Waals surface area (Å²) in [6.45, 7) is 3.57. The molecule has 0 radical (unpaired) electrons. The van der Waals surface area contributed by atoms with Crippen molar-refractivity contribution in [1.29, 1.82) is 0 Å². The quantitative estimate of drug-likeness (QED) is 0.693. The van der Waals surface area contributed by atoms with Crippen molar-refractivity contribution in [2.75, 3.05) is 13.1 Å². The van der Waals surface area contributed by atoms with E-state index < -0.39 is 10.0 Å². The van der Waals surface area contributed by atoms with Crippen LogP contribution in [0.5, 0.6) is 0 Å². The normalized spacial score (nSPS) is 18.0. The molecule has 1 aliphatic rings. The number of hydrogen-bond acceptors (Lipinski definition) is 3. The fourth-order valence-electron chi connectivity index (χ4n) is 3.77. The van der Waals surface area contributed by atoms with E-state index in [4.69, 9.17) is 0 Å². The smallest absolute Gasteiger partial charge is 0.268 e. The lowest BCUT2D eigenvalue weighted by Gasteiger charge is -2.30. The van der Waals surface area contributed by atoms with Gasteiger partial charge in [-0.25, -0.2) is 12.4 Å². The predicted octanol–water partition coefficient (Wildman–Crippen LogP) is 3.75. The van der Waals surface area contributed by atoms with Crippen molar-refractivity contribution in [2.45, 2.75) is 24.7 Å². The summed E-state index contributed by atoms with van der Waals surface area (Å²) in [7, 11) is -3.77. The van der Waals surface area contributed by atoms with Crippen LogP contribution >= 0.6 is 0 Å². The minimum absolute atomic E-state index is 0.0974. The fraction of sp³-hybridized carbons (Fsp3) is 0.286. The number of piperidine rings is 1. The van der Waals surface area contributed by atoms with Gasteiger partial charge in [0, 0.05) is 24.7 Å². The summed E-state index contributed by atoms with van der Waals surface area (Å²) in [5.41, 5.74) is 0.967. The molecule has 1 aliphatic heterocycles. The second-order valence-electron chi connectivity index (χ2n) is 7.17. The molecule has 1 aromatic heterocycles. The molecule has 2 aromatic carbocycles. The Kier molecular flexibility index (Phi) is 4.52. The predicted molar refractivity (Wildman–Crippen MR) is 105 cm³/mol. The summed E-state index contributed by atoms with van der Waals surface area (Å²) in [6.07, 6.45) is 3.58. The van der Waals surface area contributed by atoms with Crippen LogP contribution in [0.15, 0.2) is 65.7 Å². The molecule has 1 unspecified atom stereocenters. The maximum atomic E-state index is 13.2. The zero-order valence-corrected chi connectivity index (χ0v) is 16.0. The van der Waals surface area contributed by atoms with Crippen LogP contribution in [0.4, 0.5) is 0 Å². The van der Waals surface area contributed by atoms with Crippen LogP contribution < -0.4 is 0 Å². The molecule has 2 heterocycles. The molecule has 1 fully saturated rings. The summed E-state index contributed by atoms with van der Waals surface area (Å²) in [4.78, 5) is 15.2. The van der Waals surface area contributed by atoms with Gasteiger partial charge in [0.05, 0.1) is 16.0 Å². The van der Waals surface area contributed by atoms with E-state index in [-0.39, 0.29) is 10.8 Å². The topological polar surface area (TPSA) is 59.4 Å². The molecular formula is C21H22N2O3S. The highest BCUT2D eigenvalue weighted by atomic mass is 32.2. The zero-order valence-electron chi connectivity index (χ0n) is 15.2. The third-order valence-electron chi connectivity index (χ3n) is 5.15. The molecule has 3 aromatic rings. The van der Waals surface area contributed by atoms with E-state index in [0.717, 1.165) is 12.8 Å². The zero-order chi connectivity index (χ0) is 19.0. The number of benzene rings is 2. The molecular weight excluding hydrogens is 360 g/mol. The molecule has 4 rings (SSSR count). The van der Waals surface area contributed by atoms with Crippen molar-refractivity contribution >= 4 is 26.8 Å². The first-order valence-electron chi connectivity index (χ1n) is 9.18. The molecule has 0 N–H and O–H groups in total. The van der Waals surface area contributed by atoms with Crippen LogP contribution in [0.1, 0.15) is 30.1 Å². The van der Waals surface area contributed by atoms with Gasteiger partial charge in [-0.1, -0.05) is 43.3 Å². The summed E-state index contributed by atoms with van der Waals surface area (Å²) >= 11 is 0. The Bertz CT molecular complexity index is 1090. The number of rotatable bonds is 3. The minimum atomic E-state index is -3.77. The van der Waals surface area contributed by atoms with Crippen molar-refractivity contribution < 1.29 is 13.2 Å². The van der Waals surface area contributed by atoms with Crippen molar-refractivity contribution in [3.8, 4) is 0 Å². The van der Waals surface area contributed by atoms with Crippen molar-refractivity contribution in [1.82, 2.24) is 8.87 Å². The van der Waals surface area contributed by atoms with Crippen molar-refractivity contribution in [3.63, 3.8) is 0 Å². The number of carbonyl (C=O) groups excluding carboxylic acids is 1. The third-order valence-corrected chi connectivity index (χ3v) is 6.84. The Morgan fingerprint density at radius 3 is 2.48 bits per heavy atom. The highest BCUT2D eigenvalue weighted by Crippen LogP contribution is 2.28. The standard InChI is InChI=1S/C21H22N2O3S/c1-16-8-7-13-22(14-16)21(24)19-15-23(20-12-6-5-11-18(19)20)27(25,26)17-9-3-2-4-10-17/h2-6,9-12,15-16H,7-8,13-14H2,1H3. The SMILES string of the molecule is CC1CCCN(C(=O)c2cn(S(=O)(=O)c3ccccc3)c3ccccc23)C1. The van der Waals surface area contributed by atoms with Gasteiger partial charge in [0.15, 0.2) is 0 Å². The van der Waals surface area contributed by atoms with Crippen LogP contribution in [0.25, 0.3) is 10.9 Å². The number of likely N-dealkylation sites (tertiary alicyclic amines) is 1. The Balaban J connectivity index is 1.84. The van der Waals surface area contributed by atoms with Gasteiger partial charge < -0.3 is 4.90 Å². The highest BCUT2D eigenvalue weighted by molar-refractivity contribution is 7.90. The molecule has 0 bridgehead atoms. The second-order valence-corrected chi connectivity index (χ2v) is 8.99. The number of aromatic nitrogens is 1. The summed E-state index contributed by atoms with van der Waals surface area (Å²) < 4.78 is 27.5. The van der Waals surface area contributed by atoms with Gasteiger partial charge in [0.1, 0.15) is 0 Å². The van der Waals surface area contributed by atoms with E-state index in [0.29, 0.717) is 35.5 Å². The van der Waals surface area contributed by atoms with Gasteiger partial charge >= 0.3 is 0 Å². The molecule has 0 saturated carbocycles. The van der Waals surface area contributed by atoms with Crippen LogP contribution in [0, 0.1) is 5.92 Å². The molecule has 140 valence electrons. The number of hydrogen-bond donors (Lipinski definition) is 0. The van der Waals surface area contributed by atoms with E-state index in [1.807, 2.05) is 17.0 Å². The Morgan fingerprint density at radius 1 is 1.04 bits per heavy atom. The molecule has 1 saturated heterocycles. The second kappa shape index (κ2) is 6.85. The maximum absolute atomic E-state index is 13.2. The van der Waals surface area contributed by atoms with E-state index in [1.165, 1.54) is 10.2 Å². The maximum Gasteiger partial charge on any atom is 0.268 e. The van der Waals surface area contributed by atoms with Gasteiger partial charge in [0.25, 0.3) is 15.9 Å². The lowest BCUT2D eigenvalue weighted by Crippen LogP contribution is -2.39. The fourth-order valence-corrected chi connectivity index (χ4v) is 5.16. The molecule has 0 spiro atoms. The number of para-hydroxylation sites is 1. The van der Waals surface area contributed by atoms with Gasteiger partial charge in [0.2, 0.25) is 0 Å². The van der Waals surface area contributed by atoms with E-state index in [1.54, 1.807) is 42.5 Å². The first-order chi connectivity index (χ1) is 13.0. The summed E-state index contributed by atoms with van der Waals surface area (Å²) in [5, 5.41) is 0.667. The molecule has 27 heavy (non-hydrogen) atoms. The molecule has 0 aliphatic carbocycles. The molecule has 5 nitrogen and oxygen atoms in total. The largest absolute Gasteiger partial charge is 0.338 e. The average molecular weight is 382 g/mol. The first-order valence-corrected chi connectivity index (χ1v) is 10.6. The van der Waals surface area contributed by atoms with Crippen LogP contribution in [0.2, 0.25) is 0 Å². The van der Waals surface area contributed by atoms with Crippen molar-refractivity contribution in [2.24, 2.45) is 5.92 Å². The van der Waals surface area contributed by atoms with Gasteiger partial charge in [-0.15, -0.1) is 0 Å². The van der Waals surface area contributed by atoms with Gasteiger partial charge in [-0.2, -0.15) is 0 Å². The van der Waals surface area contributed by atoms with E-state index in [9.17, 15) is 13.2 Å². The number of fused-ring (bicyclic) bond motifs is 1. The van der Waals surface area contributed by atoms with Crippen LogP contribution in [-0.2, 0) is 10.0 Å². The minimum Gasteiger partial charge on any atom is -0.338 e. The van der Waals surface area contributed by atoms with E-state index in [2.05, 4.69) is 6.92 Å². The summed E-state index contributed by atoms with van der Waals surface area (Å²) in [5.74, 6) is 0.365. The van der Waals surface area contributed by atoms with Crippen molar-refractivity contribution in [3.05, 3.63) is 66.4 Å². The monoisotopic (exact) mass is 382 g/mol. The van der Waals surface area contributed by atoms with Crippen LogP contribution in [0.3, 0.4) is 0 Å². The average Bonchev–Trinajstić information content (AvgIpc) is 3.08. The van der Waals surface area contributed by atoms with Gasteiger partial charge in [-0.05, 0) is 37.0 Å². The Morgan fingerprint density at radius 2 is 1.74 bits per heavy atom. The number of carbonyl (C=O) groups is 1. The lowest BCUT2D eigenvalue weighted by atomic mass is 9.99. The lowest BCUT2D eigenvalue weighted by molar-refractivity contribution is 0.0685. The molecule has 1 atom stereocenters. The number of nitrogens with zero attached hydrogens (tertiary/aromatic N) is 2. The molecule has 6 heteroatoms.